The second-order valence-electron chi connectivity index (χ2n) is 1.54. The summed E-state index contributed by atoms with van der Waals surface area (Å²) in [6.07, 6.45) is -2.50. The molecule has 0 aromatic rings. The second kappa shape index (κ2) is 2.94. The normalized spacial score (nSPS) is 16.5. The van der Waals surface area contributed by atoms with Crippen molar-refractivity contribution in [2.45, 2.75) is 18.8 Å². The smallest absolute Gasteiger partial charge is 0.226 e. The van der Waals surface area contributed by atoms with Crippen LogP contribution < -0.4 is 0 Å². The molecule has 0 aliphatic carbocycles. The topological polar surface area (TPSA) is 43.4 Å². The monoisotopic (exact) mass is 196 g/mol. The van der Waals surface area contributed by atoms with E-state index in [1.54, 1.807) is 0 Å². The van der Waals surface area contributed by atoms with Crippen LogP contribution in [0.15, 0.2) is 0 Å². The van der Waals surface area contributed by atoms with Crippen molar-refractivity contribution in [1.29, 1.82) is 0 Å². The zero-order valence-corrected chi connectivity index (χ0v) is 6.04. The van der Waals surface area contributed by atoms with Gasteiger partial charge in [-0.2, -0.15) is 21.6 Å². The lowest BCUT2D eigenvalue weighted by Crippen LogP contribution is -2.27. The highest BCUT2D eigenvalue weighted by Gasteiger charge is 2.48. The van der Waals surface area contributed by atoms with Gasteiger partial charge < -0.3 is 0 Å². The Morgan fingerprint density at radius 3 is 1.82 bits per heavy atom. The molecule has 0 radical (unpaired) electrons. The Morgan fingerprint density at radius 1 is 1.36 bits per heavy atom. The molecule has 8 heteroatoms. The summed E-state index contributed by atoms with van der Waals surface area (Å²) in [5.74, 6) is 0. The third-order valence-corrected chi connectivity index (χ3v) is 1.63. The Hall–Kier alpha value is -0.370. The molecule has 1 atom stereocenters. The molecule has 0 rings (SSSR count). The zero-order chi connectivity index (χ0) is 9.28. The van der Waals surface area contributed by atoms with Gasteiger partial charge in [0, 0.05) is 0 Å². The molecule has 3 nitrogen and oxygen atoms in total. The van der Waals surface area contributed by atoms with Gasteiger partial charge in [0.25, 0.3) is 0 Å². The maximum Gasteiger partial charge on any atom is 0.523 e. The van der Waals surface area contributed by atoms with Gasteiger partial charge in [-0.1, -0.05) is 0 Å². The van der Waals surface area contributed by atoms with E-state index in [9.17, 15) is 26.0 Å². The van der Waals surface area contributed by atoms with Crippen molar-refractivity contribution in [3.63, 3.8) is 0 Å². The Kier molecular flexibility index (Phi) is 2.84. The predicted molar refractivity (Wildman–Crippen MR) is 26.6 cm³/mol. The molecule has 11 heavy (non-hydrogen) atoms. The van der Waals surface area contributed by atoms with Crippen LogP contribution in [-0.4, -0.2) is 20.3 Å². The third kappa shape index (κ3) is 3.02. The minimum Gasteiger partial charge on any atom is -0.226 e. The molecule has 1 unspecified atom stereocenters. The number of alkyl halides is 4. The van der Waals surface area contributed by atoms with Gasteiger partial charge in [0.1, 0.15) is 0 Å². The first-order chi connectivity index (χ1) is 4.67. The number of hydrogen-bond acceptors (Lipinski definition) is 3. The number of hydrogen-bond donors (Lipinski definition) is 0. The van der Waals surface area contributed by atoms with Crippen LogP contribution in [0, 0.1) is 0 Å². The summed E-state index contributed by atoms with van der Waals surface area (Å²) in [5, 5.41) is 0. The molecule has 0 amide bonds. The Bertz CT molecular complexity index is 215. The molecule has 0 heterocycles. The van der Waals surface area contributed by atoms with Crippen molar-refractivity contribution in [2.75, 3.05) is 0 Å². The molecule has 0 N–H and O–H groups in total. The van der Waals surface area contributed by atoms with E-state index in [1.807, 2.05) is 0 Å². The molecule has 0 saturated carbocycles. The lowest BCUT2D eigenvalue weighted by Gasteiger charge is -2.07. The summed E-state index contributed by atoms with van der Waals surface area (Å²) < 4.78 is 68.3. The van der Waals surface area contributed by atoms with Crippen LogP contribution in [0.3, 0.4) is 0 Å². The Labute approximate surface area is 60.1 Å². The van der Waals surface area contributed by atoms with Crippen molar-refractivity contribution in [3.05, 3.63) is 0 Å². The van der Waals surface area contributed by atoms with Crippen molar-refractivity contribution in [2.24, 2.45) is 0 Å². The third-order valence-electron chi connectivity index (χ3n) is 0.543. The summed E-state index contributed by atoms with van der Waals surface area (Å²) in [5.41, 5.74) is -5.56. The summed E-state index contributed by atoms with van der Waals surface area (Å²) in [6, 6.07) is 0. The van der Waals surface area contributed by atoms with Crippen LogP contribution in [0.5, 0.6) is 0 Å². The minimum atomic E-state index is -5.77. The van der Waals surface area contributed by atoms with Crippen LogP contribution >= 0.6 is 0 Å². The summed E-state index contributed by atoms with van der Waals surface area (Å²) >= 11 is 0. The van der Waals surface area contributed by atoms with Crippen molar-refractivity contribution >= 4 is 10.1 Å². The fraction of sp³-hybridized carbons (Fsp3) is 1.00. The molecule has 0 fully saturated rings. The number of halogens is 4. The SMILES string of the molecule is CC(F)OS(=O)(=O)C(F)(F)F. The fourth-order valence-corrected chi connectivity index (χ4v) is 0.687. The first-order valence-electron chi connectivity index (χ1n) is 2.30. The quantitative estimate of drug-likeness (QED) is 0.378. The average Bonchev–Trinajstić information content (AvgIpc) is 1.56. The highest BCUT2D eigenvalue weighted by Crippen LogP contribution is 2.25. The van der Waals surface area contributed by atoms with Crippen LogP contribution in [0.25, 0.3) is 0 Å². The minimum absolute atomic E-state index is 0.531. The van der Waals surface area contributed by atoms with E-state index in [2.05, 4.69) is 4.18 Å². The van der Waals surface area contributed by atoms with Crippen molar-refractivity contribution < 1.29 is 30.2 Å². The van der Waals surface area contributed by atoms with Gasteiger partial charge in [-0.05, 0) is 6.92 Å². The first kappa shape index (κ1) is 10.6. The predicted octanol–water partition coefficient (Wildman–Crippen LogP) is 1.17. The summed E-state index contributed by atoms with van der Waals surface area (Å²) in [7, 11) is -5.77. The maximum absolute atomic E-state index is 11.6. The zero-order valence-electron chi connectivity index (χ0n) is 5.22. The highest BCUT2D eigenvalue weighted by molar-refractivity contribution is 7.87. The Balaban J connectivity index is 4.51. The summed E-state index contributed by atoms with van der Waals surface area (Å²) in [6.45, 7) is 0.531. The Morgan fingerprint density at radius 2 is 1.73 bits per heavy atom. The summed E-state index contributed by atoms with van der Waals surface area (Å²) in [4.78, 5) is 0. The van der Waals surface area contributed by atoms with Crippen LogP contribution in [0.1, 0.15) is 6.92 Å². The van der Waals surface area contributed by atoms with E-state index < -0.39 is 22.0 Å². The molecule has 0 aliphatic heterocycles. The first-order valence-corrected chi connectivity index (χ1v) is 3.71. The van der Waals surface area contributed by atoms with Gasteiger partial charge in [0.15, 0.2) is 0 Å². The standard InChI is InChI=1S/C3H4F4O3S/c1-2(4)10-11(8,9)3(5,6)7/h2H,1H3. The molecule has 0 saturated heterocycles. The van der Waals surface area contributed by atoms with Gasteiger partial charge in [0.2, 0.25) is 6.36 Å². The lowest BCUT2D eigenvalue weighted by atomic mass is 10.8. The molecular weight excluding hydrogens is 192 g/mol. The number of rotatable bonds is 2. The van der Waals surface area contributed by atoms with E-state index >= 15 is 0 Å². The van der Waals surface area contributed by atoms with E-state index in [0.29, 0.717) is 6.92 Å². The van der Waals surface area contributed by atoms with Gasteiger partial charge in [0.05, 0.1) is 0 Å². The largest absolute Gasteiger partial charge is 0.523 e. The van der Waals surface area contributed by atoms with E-state index in [0.717, 1.165) is 0 Å². The molecule has 68 valence electrons. The average molecular weight is 196 g/mol. The van der Waals surface area contributed by atoms with Crippen LogP contribution in [0.2, 0.25) is 0 Å². The lowest BCUT2D eigenvalue weighted by molar-refractivity contribution is -0.0629. The van der Waals surface area contributed by atoms with Crippen molar-refractivity contribution in [3.8, 4) is 0 Å². The maximum atomic E-state index is 11.6. The second-order valence-corrected chi connectivity index (χ2v) is 3.10. The van der Waals surface area contributed by atoms with Gasteiger partial charge in [-0.15, -0.1) is 0 Å². The molecule has 0 bridgehead atoms. The van der Waals surface area contributed by atoms with Gasteiger partial charge >= 0.3 is 15.6 Å². The van der Waals surface area contributed by atoms with Crippen LogP contribution in [0.4, 0.5) is 17.6 Å². The molecule has 0 aromatic heterocycles. The molecule has 0 aliphatic rings. The molecule has 0 spiro atoms. The van der Waals surface area contributed by atoms with E-state index in [4.69, 9.17) is 0 Å². The molecular formula is C3H4F4O3S. The highest BCUT2D eigenvalue weighted by atomic mass is 32.2. The molecule has 0 aromatic carbocycles. The van der Waals surface area contributed by atoms with Gasteiger partial charge in [-0.25, -0.2) is 8.57 Å². The van der Waals surface area contributed by atoms with Crippen LogP contribution in [-0.2, 0) is 14.3 Å². The van der Waals surface area contributed by atoms with E-state index in [-0.39, 0.29) is 0 Å². The fourth-order valence-electron chi connectivity index (χ4n) is 0.229. The van der Waals surface area contributed by atoms with Gasteiger partial charge in [-0.3, -0.25) is 0 Å². The van der Waals surface area contributed by atoms with E-state index in [1.165, 1.54) is 0 Å². The van der Waals surface area contributed by atoms with Crippen molar-refractivity contribution in [1.82, 2.24) is 0 Å².